The molecule has 190 valence electrons. The Morgan fingerprint density at radius 2 is 1.75 bits per heavy atom. The lowest BCUT2D eigenvalue weighted by Crippen LogP contribution is -2.37. The Morgan fingerprint density at radius 1 is 1.03 bits per heavy atom. The number of rotatable bonds is 3. The van der Waals surface area contributed by atoms with Gasteiger partial charge >= 0.3 is 0 Å². The van der Waals surface area contributed by atoms with Crippen LogP contribution in [0.3, 0.4) is 0 Å². The van der Waals surface area contributed by atoms with E-state index >= 15 is 0 Å². The minimum atomic E-state index is -0.537. The third-order valence-electron chi connectivity index (χ3n) is 5.19. The second-order valence-corrected chi connectivity index (χ2v) is 8.50. The van der Waals surface area contributed by atoms with Crippen molar-refractivity contribution >= 4 is 40.6 Å². The van der Waals surface area contributed by atoms with E-state index in [-0.39, 0.29) is 17.6 Å². The molecule has 4 heterocycles. The summed E-state index contributed by atoms with van der Waals surface area (Å²) in [6.45, 7) is 7.46. The summed E-state index contributed by atoms with van der Waals surface area (Å²) in [5.74, 6) is -0.470. The zero-order valence-corrected chi connectivity index (χ0v) is 21.6. The second kappa shape index (κ2) is 12.6. The molecule has 3 aromatic heterocycles. The topological polar surface area (TPSA) is 75.4 Å². The molecular weight excluding hydrogens is 509 g/mol. The minimum absolute atomic E-state index is 0.0140. The first kappa shape index (κ1) is 27.3. The molecule has 1 aromatic carbocycles. The number of halogens is 4. The molecule has 0 aliphatic carbocycles. The van der Waals surface area contributed by atoms with E-state index in [1.54, 1.807) is 6.20 Å². The lowest BCUT2D eigenvalue weighted by molar-refractivity contribution is 0.0935. The molecule has 1 saturated heterocycles. The van der Waals surface area contributed by atoms with Crippen LogP contribution in [-0.2, 0) is 0 Å². The van der Waals surface area contributed by atoms with Gasteiger partial charge in [-0.2, -0.15) is 0 Å². The lowest BCUT2D eigenvalue weighted by Gasteiger charge is -2.18. The molecule has 11 heteroatoms. The molecule has 1 aliphatic rings. The number of fused-ring (bicyclic) bond motifs is 1. The van der Waals surface area contributed by atoms with Crippen LogP contribution in [0.4, 0.5) is 14.6 Å². The number of carbonyl (C=O) groups is 1. The van der Waals surface area contributed by atoms with Gasteiger partial charge in [0.15, 0.2) is 5.65 Å². The SMILES string of the molecule is CC.Cc1cnc2ccc(N3CC[C@H](NC(=O)c4cc(Cl)c(Cl)cn4)C3)nn12.Fc1cccc(F)c1. The summed E-state index contributed by atoms with van der Waals surface area (Å²) >= 11 is 11.8. The van der Waals surface area contributed by atoms with E-state index in [4.69, 9.17) is 23.2 Å². The number of aryl methyl sites for hydroxylation is 1. The summed E-state index contributed by atoms with van der Waals surface area (Å²) in [4.78, 5) is 22.8. The van der Waals surface area contributed by atoms with E-state index in [1.165, 1.54) is 30.5 Å². The average Bonchev–Trinajstić information content (AvgIpc) is 3.49. The van der Waals surface area contributed by atoms with Crippen molar-refractivity contribution in [2.45, 2.75) is 33.2 Å². The van der Waals surface area contributed by atoms with Gasteiger partial charge in [0, 0.05) is 31.4 Å². The quantitative estimate of drug-likeness (QED) is 0.362. The maximum absolute atomic E-state index is 12.4. The van der Waals surface area contributed by atoms with Gasteiger partial charge in [0.1, 0.15) is 23.1 Å². The van der Waals surface area contributed by atoms with Gasteiger partial charge in [-0.1, -0.05) is 43.1 Å². The number of imidazole rings is 1. The molecule has 0 spiro atoms. The van der Waals surface area contributed by atoms with E-state index in [0.29, 0.717) is 16.6 Å². The number of nitrogens with one attached hydrogen (secondary N) is 1. The lowest BCUT2D eigenvalue weighted by atomic mass is 10.2. The van der Waals surface area contributed by atoms with Crippen LogP contribution in [0.2, 0.25) is 10.0 Å². The van der Waals surface area contributed by atoms with E-state index in [9.17, 15) is 13.6 Å². The normalized spacial score (nSPS) is 14.5. The molecule has 0 unspecified atom stereocenters. The van der Waals surface area contributed by atoms with Gasteiger partial charge in [0.05, 0.1) is 21.9 Å². The fraction of sp³-hybridized carbons (Fsp3) is 0.280. The highest BCUT2D eigenvalue weighted by Gasteiger charge is 2.26. The van der Waals surface area contributed by atoms with Gasteiger partial charge in [-0.25, -0.2) is 23.3 Å². The van der Waals surface area contributed by atoms with Gasteiger partial charge in [0.25, 0.3) is 5.91 Å². The summed E-state index contributed by atoms with van der Waals surface area (Å²) in [7, 11) is 0. The number of pyridine rings is 1. The van der Waals surface area contributed by atoms with Crippen molar-refractivity contribution in [1.29, 1.82) is 0 Å². The Labute approximate surface area is 218 Å². The Hall–Kier alpha value is -3.30. The fourth-order valence-electron chi connectivity index (χ4n) is 3.49. The minimum Gasteiger partial charge on any atom is -0.353 e. The number of amides is 1. The van der Waals surface area contributed by atoms with Crippen molar-refractivity contribution in [2.24, 2.45) is 0 Å². The number of carbonyl (C=O) groups excluding carboxylic acids is 1. The van der Waals surface area contributed by atoms with Crippen LogP contribution in [0.15, 0.2) is 54.9 Å². The standard InChI is InChI=1S/C17H16Cl2N6O.C6H4F2.C2H6/c1-10-7-21-15-2-3-16(23-25(10)15)24-5-4-11(9-24)22-17(26)14-6-12(18)13(19)8-20-14;7-5-2-1-3-6(8)4-5;1-2/h2-3,6-8,11H,4-5,9H2,1H3,(H,22,26);1-4H;1-2H3/t11-;;/m0../s1. The molecule has 1 aliphatic heterocycles. The molecule has 0 bridgehead atoms. The zero-order chi connectivity index (χ0) is 26.2. The maximum Gasteiger partial charge on any atom is 0.270 e. The summed E-state index contributed by atoms with van der Waals surface area (Å²) < 4.78 is 25.7. The Kier molecular flexibility index (Phi) is 9.55. The van der Waals surface area contributed by atoms with Gasteiger partial charge in [0.2, 0.25) is 0 Å². The third-order valence-corrected chi connectivity index (χ3v) is 5.90. The largest absolute Gasteiger partial charge is 0.353 e. The predicted octanol–water partition coefficient (Wildman–Crippen LogP) is 5.74. The zero-order valence-electron chi connectivity index (χ0n) is 20.1. The Bertz CT molecular complexity index is 1320. The summed E-state index contributed by atoms with van der Waals surface area (Å²) in [5, 5.41) is 8.26. The van der Waals surface area contributed by atoms with Gasteiger partial charge in [-0.05, 0) is 43.7 Å². The first-order chi connectivity index (χ1) is 17.3. The molecular formula is C25H26Cl2F2N6O. The molecule has 4 aromatic rings. The number of hydrogen-bond acceptors (Lipinski definition) is 5. The van der Waals surface area contributed by atoms with Gasteiger partial charge in [-0.3, -0.25) is 4.79 Å². The fourth-order valence-corrected chi connectivity index (χ4v) is 3.75. The summed E-state index contributed by atoms with van der Waals surface area (Å²) in [6.07, 6.45) is 4.01. The van der Waals surface area contributed by atoms with Gasteiger partial charge in [-0.15, -0.1) is 5.10 Å². The van der Waals surface area contributed by atoms with Crippen LogP contribution in [0, 0.1) is 18.6 Å². The van der Waals surface area contributed by atoms with Crippen molar-refractivity contribution in [3.63, 3.8) is 0 Å². The summed E-state index contributed by atoms with van der Waals surface area (Å²) in [6, 6.07) is 9.94. The number of aromatic nitrogens is 4. The highest BCUT2D eigenvalue weighted by molar-refractivity contribution is 6.42. The molecule has 0 saturated carbocycles. The molecule has 1 fully saturated rings. The van der Waals surface area contributed by atoms with Crippen molar-refractivity contribution in [2.75, 3.05) is 18.0 Å². The average molecular weight is 535 g/mol. The maximum atomic E-state index is 12.4. The van der Waals surface area contributed by atoms with E-state index in [1.807, 2.05) is 37.4 Å². The number of anilines is 1. The monoisotopic (exact) mass is 534 g/mol. The molecule has 7 nitrogen and oxygen atoms in total. The van der Waals surface area contributed by atoms with Gasteiger partial charge < -0.3 is 10.2 Å². The molecule has 1 atom stereocenters. The van der Waals surface area contributed by atoms with Crippen LogP contribution < -0.4 is 10.2 Å². The first-order valence-electron chi connectivity index (χ1n) is 11.4. The highest BCUT2D eigenvalue weighted by atomic mass is 35.5. The van der Waals surface area contributed by atoms with E-state index < -0.39 is 11.6 Å². The highest BCUT2D eigenvalue weighted by Crippen LogP contribution is 2.22. The Morgan fingerprint density at radius 3 is 2.39 bits per heavy atom. The van der Waals surface area contributed by atoms with Crippen molar-refractivity contribution in [1.82, 2.24) is 24.9 Å². The van der Waals surface area contributed by atoms with Crippen LogP contribution in [0.1, 0.15) is 36.5 Å². The smallest absolute Gasteiger partial charge is 0.270 e. The number of nitrogens with zero attached hydrogens (tertiary/aromatic N) is 5. The Balaban J connectivity index is 0.000000305. The molecule has 36 heavy (non-hydrogen) atoms. The number of benzene rings is 1. The van der Waals surface area contributed by atoms with Crippen molar-refractivity contribution in [3.05, 3.63) is 87.9 Å². The van der Waals surface area contributed by atoms with Crippen LogP contribution in [-0.4, -0.2) is 44.6 Å². The number of hydrogen-bond donors (Lipinski definition) is 1. The molecule has 5 rings (SSSR count). The first-order valence-corrected chi connectivity index (χ1v) is 12.1. The summed E-state index contributed by atoms with van der Waals surface area (Å²) in [5.41, 5.74) is 2.06. The molecule has 0 radical (unpaired) electrons. The van der Waals surface area contributed by atoms with Crippen molar-refractivity contribution in [3.8, 4) is 0 Å². The van der Waals surface area contributed by atoms with E-state index in [2.05, 4.69) is 25.3 Å². The predicted molar refractivity (Wildman–Crippen MR) is 138 cm³/mol. The third kappa shape index (κ3) is 6.89. The van der Waals surface area contributed by atoms with Crippen molar-refractivity contribution < 1.29 is 13.6 Å². The van der Waals surface area contributed by atoms with Crippen LogP contribution >= 0.6 is 23.2 Å². The van der Waals surface area contributed by atoms with Crippen LogP contribution in [0.5, 0.6) is 0 Å². The van der Waals surface area contributed by atoms with E-state index in [0.717, 1.165) is 36.2 Å². The molecule has 1 amide bonds. The van der Waals surface area contributed by atoms with Crippen LogP contribution in [0.25, 0.3) is 5.65 Å². The second-order valence-electron chi connectivity index (χ2n) is 7.69. The molecule has 1 N–H and O–H groups in total.